The maximum absolute atomic E-state index is 5.99. The second kappa shape index (κ2) is 4.64. The van der Waals surface area contributed by atoms with Crippen molar-refractivity contribution in [3.8, 4) is 11.4 Å². The van der Waals surface area contributed by atoms with Crippen molar-refractivity contribution >= 4 is 44.0 Å². The lowest BCUT2D eigenvalue weighted by Crippen LogP contribution is -2.01. The van der Waals surface area contributed by atoms with E-state index >= 15 is 0 Å². The van der Waals surface area contributed by atoms with E-state index in [4.69, 9.17) is 17.2 Å². The molecular weight excluding hydrogens is 318 g/mol. The topological polar surface area (TPSA) is 104 Å². The number of nitrogen functional groups attached to an aromatic ring is 3. The molecule has 1 heterocycles. The van der Waals surface area contributed by atoms with Crippen molar-refractivity contribution in [1.29, 1.82) is 0 Å². The van der Waals surface area contributed by atoms with Crippen LogP contribution in [0.15, 0.2) is 40.9 Å². The Kier molecular flexibility index (Phi) is 2.94. The number of hydrogen-bond acceptors (Lipinski definition) is 5. The van der Waals surface area contributed by atoms with Gasteiger partial charge in [0.1, 0.15) is 5.82 Å². The highest BCUT2D eigenvalue weighted by Crippen LogP contribution is 2.28. The molecule has 0 amide bonds. The van der Waals surface area contributed by atoms with Gasteiger partial charge < -0.3 is 17.2 Å². The van der Waals surface area contributed by atoms with Gasteiger partial charge >= 0.3 is 0 Å². The van der Waals surface area contributed by atoms with Crippen molar-refractivity contribution in [2.24, 2.45) is 0 Å². The quantitative estimate of drug-likeness (QED) is 0.595. The van der Waals surface area contributed by atoms with E-state index in [1.165, 1.54) is 0 Å². The van der Waals surface area contributed by atoms with E-state index in [2.05, 4.69) is 25.9 Å². The number of nitrogens with zero attached hydrogens (tertiary/aromatic N) is 2. The van der Waals surface area contributed by atoms with Gasteiger partial charge in [0, 0.05) is 15.4 Å². The molecule has 3 rings (SSSR count). The zero-order valence-electron chi connectivity index (χ0n) is 10.5. The highest BCUT2D eigenvalue weighted by molar-refractivity contribution is 9.10. The molecule has 0 atom stereocenters. The van der Waals surface area contributed by atoms with Gasteiger partial charge in [-0.2, -0.15) is 0 Å². The van der Waals surface area contributed by atoms with Crippen molar-refractivity contribution in [3.63, 3.8) is 0 Å². The van der Waals surface area contributed by atoms with Crippen LogP contribution >= 0.6 is 15.9 Å². The Hall–Kier alpha value is -2.34. The zero-order chi connectivity index (χ0) is 14.3. The normalized spacial score (nSPS) is 10.8. The second-order valence-electron chi connectivity index (χ2n) is 4.44. The monoisotopic (exact) mass is 329 g/mol. The minimum absolute atomic E-state index is 0.386. The molecule has 0 unspecified atom stereocenters. The van der Waals surface area contributed by atoms with Gasteiger partial charge in [-0.15, -0.1) is 0 Å². The molecule has 3 aromatic rings. The van der Waals surface area contributed by atoms with E-state index in [0.717, 1.165) is 10.0 Å². The number of rotatable bonds is 1. The summed E-state index contributed by atoms with van der Waals surface area (Å²) >= 11 is 3.43. The van der Waals surface area contributed by atoms with Crippen LogP contribution in [0.2, 0.25) is 0 Å². The molecular formula is C14H12BrN5. The summed E-state index contributed by atoms with van der Waals surface area (Å²) in [6.07, 6.45) is 0. The Bertz CT molecular complexity index is 816. The Balaban J connectivity index is 2.26. The molecule has 0 fully saturated rings. The van der Waals surface area contributed by atoms with E-state index in [1.807, 2.05) is 24.3 Å². The lowest BCUT2D eigenvalue weighted by atomic mass is 10.1. The average molecular weight is 330 g/mol. The van der Waals surface area contributed by atoms with Crippen LogP contribution in [0.1, 0.15) is 0 Å². The highest BCUT2D eigenvalue weighted by Gasteiger charge is 2.09. The zero-order valence-corrected chi connectivity index (χ0v) is 12.1. The summed E-state index contributed by atoms with van der Waals surface area (Å²) in [5, 5.41) is 0.704. The largest absolute Gasteiger partial charge is 0.397 e. The Morgan fingerprint density at radius 3 is 2.40 bits per heavy atom. The smallest absolute Gasteiger partial charge is 0.162 e. The molecule has 100 valence electrons. The summed E-state index contributed by atoms with van der Waals surface area (Å²) < 4.78 is 0.953. The fraction of sp³-hybridized carbons (Fsp3) is 0. The Morgan fingerprint density at radius 1 is 0.900 bits per heavy atom. The van der Waals surface area contributed by atoms with Gasteiger partial charge in [-0.3, -0.25) is 0 Å². The van der Waals surface area contributed by atoms with E-state index < -0.39 is 0 Å². The average Bonchev–Trinajstić information content (AvgIpc) is 2.41. The van der Waals surface area contributed by atoms with Gasteiger partial charge in [-0.05, 0) is 24.3 Å². The predicted molar refractivity (Wildman–Crippen MR) is 85.9 cm³/mol. The van der Waals surface area contributed by atoms with Gasteiger partial charge in [-0.25, -0.2) is 9.97 Å². The van der Waals surface area contributed by atoms with Crippen molar-refractivity contribution in [2.75, 3.05) is 17.2 Å². The van der Waals surface area contributed by atoms with E-state index in [-0.39, 0.29) is 0 Å². The number of hydrogen-bond donors (Lipinski definition) is 3. The first-order valence-electron chi connectivity index (χ1n) is 5.93. The van der Waals surface area contributed by atoms with Crippen LogP contribution in [0.3, 0.4) is 0 Å². The molecule has 0 bridgehead atoms. The summed E-state index contributed by atoms with van der Waals surface area (Å²) in [4.78, 5) is 8.83. The number of anilines is 3. The summed E-state index contributed by atoms with van der Waals surface area (Å²) in [6, 6.07) is 11.1. The molecule has 20 heavy (non-hydrogen) atoms. The molecule has 6 heteroatoms. The van der Waals surface area contributed by atoms with E-state index in [1.54, 1.807) is 12.1 Å². The molecule has 0 aliphatic rings. The molecule has 0 saturated heterocycles. The van der Waals surface area contributed by atoms with Crippen molar-refractivity contribution < 1.29 is 0 Å². The molecule has 2 aromatic carbocycles. The first-order chi connectivity index (χ1) is 9.54. The third kappa shape index (κ3) is 2.14. The van der Waals surface area contributed by atoms with Gasteiger partial charge in [0.2, 0.25) is 0 Å². The van der Waals surface area contributed by atoms with Crippen LogP contribution in [-0.4, -0.2) is 9.97 Å². The fourth-order valence-electron chi connectivity index (χ4n) is 1.99. The maximum atomic E-state index is 5.99. The number of nitrogens with two attached hydrogens (primary N) is 3. The third-order valence-electron chi connectivity index (χ3n) is 3.01. The van der Waals surface area contributed by atoms with E-state index in [0.29, 0.717) is 33.9 Å². The minimum Gasteiger partial charge on any atom is -0.397 e. The van der Waals surface area contributed by atoms with Crippen LogP contribution in [0, 0.1) is 0 Å². The predicted octanol–water partition coefficient (Wildman–Crippen LogP) is 2.81. The Labute approximate surface area is 123 Å². The lowest BCUT2D eigenvalue weighted by Gasteiger charge is -2.08. The van der Waals surface area contributed by atoms with Crippen molar-refractivity contribution in [2.45, 2.75) is 0 Å². The van der Waals surface area contributed by atoms with Crippen molar-refractivity contribution in [3.05, 3.63) is 40.9 Å². The third-order valence-corrected chi connectivity index (χ3v) is 3.51. The number of benzene rings is 2. The van der Waals surface area contributed by atoms with Crippen LogP contribution in [0.5, 0.6) is 0 Å². The summed E-state index contributed by atoms with van der Waals surface area (Å²) in [6.45, 7) is 0. The van der Waals surface area contributed by atoms with Crippen LogP contribution in [0.25, 0.3) is 22.3 Å². The molecule has 6 N–H and O–H groups in total. The number of halogens is 1. The second-order valence-corrected chi connectivity index (χ2v) is 5.36. The van der Waals surface area contributed by atoms with Crippen LogP contribution in [-0.2, 0) is 0 Å². The van der Waals surface area contributed by atoms with E-state index in [9.17, 15) is 0 Å². The summed E-state index contributed by atoms with van der Waals surface area (Å²) in [7, 11) is 0. The molecule has 1 aromatic heterocycles. The fourth-order valence-corrected chi connectivity index (χ4v) is 2.39. The molecule has 0 aliphatic carbocycles. The molecule has 0 radical (unpaired) electrons. The number of fused-ring (bicyclic) bond motifs is 1. The molecule has 5 nitrogen and oxygen atoms in total. The first-order valence-corrected chi connectivity index (χ1v) is 6.72. The summed E-state index contributed by atoms with van der Waals surface area (Å²) in [5.74, 6) is 0.942. The standard InChI is InChI=1S/C14H12BrN5/c15-8-3-1-2-7(4-8)14-19-12-6-11(17)10(16)5-9(12)13(18)20-14/h1-6H,16-17H2,(H2,18,19,20). The van der Waals surface area contributed by atoms with Gasteiger partial charge in [0.05, 0.1) is 16.9 Å². The maximum Gasteiger partial charge on any atom is 0.162 e. The highest BCUT2D eigenvalue weighted by atomic mass is 79.9. The SMILES string of the molecule is Nc1cc2nc(-c3cccc(Br)c3)nc(N)c2cc1N. The lowest BCUT2D eigenvalue weighted by molar-refractivity contribution is 1.23. The number of aromatic nitrogens is 2. The van der Waals surface area contributed by atoms with Crippen LogP contribution in [0.4, 0.5) is 17.2 Å². The van der Waals surface area contributed by atoms with Gasteiger partial charge in [0.25, 0.3) is 0 Å². The Morgan fingerprint density at radius 2 is 1.65 bits per heavy atom. The first kappa shape index (κ1) is 12.7. The van der Waals surface area contributed by atoms with Gasteiger partial charge in [0.15, 0.2) is 5.82 Å². The molecule has 0 saturated carbocycles. The van der Waals surface area contributed by atoms with Gasteiger partial charge in [-0.1, -0.05) is 28.1 Å². The van der Waals surface area contributed by atoms with Crippen LogP contribution < -0.4 is 17.2 Å². The molecule has 0 aliphatic heterocycles. The summed E-state index contributed by atoms with van der Waals surface area (Å²) in [5.41, 5.74) is 20.1. The molecule has 0 spiro atoms. The minimum atomic E-state index is 0.386. The van der Waals surface area contributed by atoms with Crippen molar-refractivity contribution in [1.82, 2.24) is 9.97 Å².